The van der Waals surface area contributed by atoms with E-state index in [-0.39, 0.29) is 0 Å². The minimum absolute atomic E-state index is 0.505. The molecule has 0 bridgehead atoms. The van der Waals surface area contributed by atoms with Crippen LogP contribution in [0.1, 0.15) is 37.1 Å². The summed E-state index contributed by atoms with van der Waals surface area (Å²) in [6, 6.07) is 0. The smallest absolute Gasteiger partial charge is 0.310 e. The number of fused-ring (bicyclic) bond motifs is 1. The second-order valence-corrected chi connectivity index (χ2v) is 6.18. The molecular formula is C13H15N3O2S. The molecule has 0 radical (unpaired) electrons. The summed E-state index contributed by atoms with van der Waals surface area (Å²) in [4.78, 5) is 25.2. The molecule has 1 aliphatic rings. The van der Waals surface area contributed by atoms with Crippen molar-refractivity contribution in [2.45, 2.75) is 38.5 Å². The molecule has 6 heteroatoms. The van der Waals surface area contributed by atoms with Gasteiger partial charge in [-0.05, 0) is 12.8 Å². The Hall–Kier alpha value is -1.56. The number of carbonyl (C=O) groups is 1. The Bertz CT molecular complexity index is 572. The van der Waals surface area contributed by atoms with Gasteiger partial charge >= 0.3 is 5.97 Å². The number of nitrogens with zero attached hydrogens (tertiary/aromatic N) is 3. The Balaban J connectivity index is 1.91. The highest BCUT2D eigenvalue weighted by Crippen LogP contribution is 2.40. The van der Waals surface area contributed by atoms with Crippen LogP contribution < -0.4 is 0 Å². The normalized spacial score (nSPS) is 18.5. The predicted molar refractivity (Wildman–Crippen MR) is 72.1 cm³/mol. The van der Waals surface area contributed by atoms with Crippen molar-refractivity contribution in [3.63, 3.8) is 0 Å². The maximum absolute atomic E-state index is 11.6. The fourth-order valence-corrected chi connectivity index (χ4v) is 3.79. The number of rotatable bonds is 3. The summed E-state index contributed by atoms with van der Waals surface area (Å²) in [6.45, 7) is 0. The lowest BCUT2D eigenvalue weighted by Crippen LogP contribution is -2.35. The summed E-state index contributed by atoms with van der Waals surface area (Å²) in [7, 11) is 0. The average Bonchev–Trinajstić information content (AvgIpc) is 2.81. The van der Waals surface area contributed by atoms with Gasteiger partial charge < -0.3 is 5.11 Å². The lowest BCUT2D eigenvalue weighted by atomic mass is 9.72. The molecule has 0 unspecified atom stereocenters. The molecule has 0 saturated heterocycles. The van der Waals surface area contributed by atoms with Crippen LogP contribution in [0.3, 0.4) is 0 Å². The second-order valence-electron chi connectivity index (χ2n) is 5.12. The highest BCUT2D eigenvalue weighted by Gasteiger charge is 2.40. The Kier molecular flexibility index (Phi) is 3.18. The molecule has 2 aromatic heterocycles. The van der Waals surface area contributed by atoms with Crippen LogP contribution in [0.4, 0.5) is 0 Å². The van der Waals surface area contributed by atoms with E-state index in [2.05, 4.69) is 15.0 Å². The molecule has 0 aliphatic heterocycles. The third-order valence-corrected chi connectivity index (χ3v) is 4.80. The third-order valence-electron chi connectivity index (χ3n) is 3.85. The molecule has 0 aromatic carbocycles. The van der Waals surface area contributed by atoms with Crippen molar-refractivity contribution in [2.75, 3.05) is 0 Å². The largest absolute Gasteiger partial charge is 0.481 e. The van der Waals surface area contributed by atoms with E-state index < -0.39 is 11.4 Å². The van der Waals surface area contributed by atoms with Gasteiger partial charge in [-0.25, -0.2) is 15.0 Å². The first-order valence-corrected chi connectivity index (χ1v) is 7.31. The van der Waals surface area contributed by atoms with Crippen molar-refractivity contribution in [2.24, 2.45) is 5.41 Å². The highest BCUT2D eigenvalue weighted by atomic mass is 32.1. The van der Waals surface area contributed by atoms with E-state index in [1.807, 2.05) is 0 Å². The zero-order valence-electron chi connectivity index (χ0n) is 10.5. The number of carboxylic acid groups (broad SMARTS) is 1. The van der Waals surface area contributed by atoms with Crippen molar-refractivity contribution >= 4 is 27.8 Å². The molecule has 1 N–H and O–H groups in total. The van der Waals surface area contributed by atoms with Gasteiger partial charge in [0.15, 0.2) is 10.5 Å². The number of aromatic nitrogens is 3. The first kappa shape index (κ1) is 12.5. The fourth-order valence-electron chi connectivity index (χ4n) is 2.78. The summed E-state index contributed by atoms with van der Waals surface area (Å²) >= 11 is 1.46. The number of hydrogen-bond acceptors (Lipinski definition) is 5. The Morgan fingerprint density at radius 3 is 2.68 bits per heavy atom. The molecule has 1 aliphatic carbocycles. The summed E-state index contributed by atoms with van der Waals surface area (Å²) in [5.41, 5.74) is -0.00888. The first-order chi connectivity index (χ1) is 9.20. The second kappa shape index (κ2) is 4.85. The van der Waals surface area contributed by atoms with Gasteiger partial charge in [0.1, 0.15) is 0 Å². The Morgan fingerprint density at radius 1 is 1.26 bits per heavy atom. The molecule has 19 heavy (non-hydrogen) atoms. The Morgan fingerprint density at radius 2 is 2.00 bits per heavy atom. The van der Waals surface area contributed by atoms with Crippen LogP contribution in [-0.2, 0) is 11.2 Å². The standard InChI is InChI=1S/C13H15N3O2S/c17-12(18)13(4-2-1-3-5-13)8-9-16-10-11(19-9)15-7-6-14-10/h6-7H,1-5,8H2,(H,17,18). The average molecular weight is 277 g/mol. The van der Waals surface area contributed by atoms with Crippen molar-refractivity contribution in [3.8, 4) is 0 Å². The van der Waals surface area contributed by atoms with E-state index in [1.165, 1.54) is 11.3 Å². The van der Waals surface area contributed by atoms with E-state index >= 15 is 0 Å². The van der Waals surface area contributed by atoms with Gasteiger partial charge in [0, 0.05) is 18.8 Å². The molecule has 100 valence electrons. The van der Waals surface area contributed by atoms with Crippen molar-refractivity contribution in [1.29, 1.82) is 0 Å². The van der Waals surface area contributed by atoms with Crippen molar-refractivity contribution in [3.05, 3.63) is 17.4 Å². The highest BCUT2D eigenvalue weighted by molar-refractivity contribution is 7.18. The van der Waals surface area contributed by atoms with Crippen LogP contribution in [0.25, 0.3) is 10.5 Å². The lowest BCUT2D eigenvalue weighted by molar-refractivity contribution is -0.151. The number of aliphatic carboxylic acids is 1. The van der Waals surface area contributed by atoms with E-state index in [1.54, 1.807) is 12.4 Å². The summed E-state index contributed by atoms with van der Waals surface area (Å²) in [5, 5.41) is 10.4. The van der Waals surface area contributed by atoms with Crippen LogP contribution in [0.15, 0.2) is 12.4 Å². The zero-order valence-corrected chi connectivity index (χ0v) is 11.3. The van der Waals surface area contributed by atoms with Gasteiger partial charge in [-0.3, -0.25) is 4.79 Å². The molecule has 1 saturated carbocycles. The number of hydrogen-bond donors (Lipinski definition) is 1. The first-order valence-electron chi connectivity index (χ1n) is 6.49. The quantitative estimate of drug-likeness (QED) is 0.933. The van der Waals surface area contributed by atoms with E-state index in [9.17, 15) is 9.90 Å². The minimum atomic E-state index is -0.688. The molecule has 2 heterocycles. The van der Waals surface area contributed by atoms with Gasteiger partial charge in [-0.2, -0.15) is 0 Å². The Labute approximate surface area is 114 Å². The number of carboxylic acids is 1. The predicted octanol–water partition coefficient (Wildman–Crippen LogP) is 2.66. The maximum atomic E-state index is 11.6. The van der Waals surface area contributed by atoms with Gasteiger partial charge in [0.05, 0.1) is 10.4 Å². The monoisotopic (exact) mass is 277 g/mol. The summed E-state index contributed by atoms with van der Waals surface area (Å²) < 4.78 is 0. The van der Waals surface area contributed by atoms with Crippen LogP contribution in [0.5, 0.6) is 0 Å². The molecule has 0 atom stereocenters. The van der Waals surface area contributed by atoms with E-state index in [4.69, 9.17) is 0 Å². The molecule has 0 amide bonds. The lowest BCUT2D eigenvalue weighted by Gasteiger charge is -2.32. The topological polar surface area (TPSA) is 76.0 Å². The molecule has 2 aromatic rings. The van der Waals surface area contributed by atoms with Crippen LogP contribution >= 0.6 is 11.3 Å². The molecule has 5 nitrogen and oxygen atoms in total. The minimum Gasteiger partial charge on any atom is -0.481 e. The SMILES string of the molecule is O=C(O)C1(Cc2nc3nccnc3s2)CCCCC1. The third kappa shape index (κ3) is 2.32. The van der Waals surface area contributed by atoms with Crippen molar-refractivity contribution in [1.82, 2.24) is 15.0 Å². The zero-order chi connectivity index (χ0) is 13.3. The molecular weight excluding hydrogens is 262 g/mol. The van der Waals surface area contributed by atoms with Gasteiger partial charge in [-0.1, -0.05) is 30.6 Å². The maximum Gasteiger partial charge on any atom is 0.310 e. The van der Waals surface area contributed by atoms with Gasteiger partial charge in [0.2, 0.25) is 0 Å². The molecule has 3 rings (SSSR count). The van der Waals surface area contributed by atoms with E-state index in [0.29, 0.717) is 12.1 Å². The van der Waals surface area contributed by atoms with Gasteiger partial charge in [-0.15, -0.1) is 0 Å². The molecule has 0 spiro atoms. The summed E-state index contributed by atoms with van der Waals surface area (Å²) in [5.74, 6) is -0.688. The van der Waals surface area contributed by atoms with Crippen LogP contribution in [0, 0.1) is 5.41 Å². The van der Waals surface area contributed by atoms with Crippen LogP contribution in [-0.4, -0.2) is 26.0 Å². The number of thiazole rings is 1. The molecule has 1 fully saturated rings. The summed E-state index contributed by atoms with van der Waals surface area (Å²) in [6.07, 6.45) is 8.37. The van der Waals surface area contributed by atoms with Gasteiger partial charge in [0.25, 0.3) is 0 Å². The van der Waals surface area contributed by atoms with Crippen molar-refractivity contribution < 1.29 is 9.90 Å². The fraction of sp³-hybridized carbons (Fsp3) is 0.538. The van der Waals surface area contributed by atoms with E-state index in [0.717, 1.165) is 41.9 Å². The van der Waals surface area contributed by atoms with Crippen LogP contribution in [0.2, 0.25) is 0 Å².